The summed E-state index contributed by atoms with van der Waals surface area (Å²) < 4.78 is 9.06. The summed E-state index contributed by atoms with van der Waals surface area (Å²) in [4.78, 5) is 14.2. The van der Waals surface area contributed by atoms with Gasteiger partial charge in [-0.15, -0.1) is 0 Å². The molecule has 6 nitrogen and oxygen atoms in total. The van der Waals surface area contributed by atoms with Crippen molar-refractivity contribution in [2.24, 2.45) is 5.92 Å². The summed E-state index contributed by atoms with van der Waals surface area (Å²) in [5, 5.41) is 4.04. The number of hydrogen-bond acceptors (Lipinski definition) is 7. The van der Waals surface area contributed by atoms with Crippen molar-refractivity contribution in [1.29, 1.82) is 0 Å². The van der Waals surface area contributed by atoms with Crippen LogP contribution in [0.25, 0.3) is 0 Å². The zero-order chi connectivity index (χ0) is 14.5. The van der Waals surface area contributed by atoms with E-state index in [2.05, 4.69) is 21.6 Å². The monoisotopic (exact) mass is 298 g/mol. The van der Waals surface area contributed by atoms with E-state index in [1.165, 1.54) is 24.4 Å². The lowest BCUT2D eigenvalue weighted by atomic mass is 9.97. The molecule has 0 aliphatic carbocycles. The second-order valence-electron chi connectivity index (χ2n) is 5.12. The molecule has 20 heavy (non-hydrogen) atoms. The minimum absolute atomic E-state index is 0.249. The average molecular weight is 298 g/mol. The lowest BCUT2D eigenvalue weighted by Gasteiger charge is -2.29. The number of esters is 1. The van der Waals surface area contributed by atoms with Gasteiger partial charge in [0.1, 0.15) is 10.6 Å². The van der Waals surface area contributed by atoms with Crippen molar-refractivity contribution >= 4 is 28.3 Å². The number of rotatable bonds is 5. The number of carbonyl (C=O) groups excluding carboxylic acids is 1. The third-order valence-corrected chi connectivity index (χ3v) is 4.41. The first-order chi connectivity index (χ1) is 9.61. The molecule has 112 valence electrons. The molecule has 0 aromatic carbocycles. The lowest BCUT2D eigenvalue weighted by Crippen LogP contribution is -2.33. The van der Waals surface area contributed by atoms with Crippen molar-refractivity contribution in [2.45, 2.75) is 19.8 Å². The molecule has 0 bridgehead atoms. The zero-order valence-electron chi connectivity index (χ0n) is 12.0. The predicted molar refractivity (Wildman–Crippen MR) is 81.2 cm³/mol. The van der Waals surface area contributed by atoms with E-state index in [1.807, 2.05) is 0 Å². The van der Waals surface area contributed by atoms with Gasteiger partial charge < -0.3 is 20.7 Å². The first-order valence-corrected chi connectivity index (χ1v) is 7.73. The number of likely N-dealkylation sites (tertiary alicyclic amines) is 1. The molecule has 0 atom stereocenters. The number of aromatic nitrogens is 1. The first kappa shape index (κ1) is 15.1. The van der Waals surface area contributed by atoms with Crippen LogP contribution >= 0.6 is 11.5 Å². The molecule has 0 unspecified atom stereocenters. The third kappa shape index (κ3) is 3.61. The average Bonchev–Trinajstić information content (AvgIpc) is 2.79. The zero-order valence-corrected chi connectivity index (χ0v) is 12.8. The second-order valence-corrected chi connectivity index (χ2v) is 5.89. The summed E-state index contributed by atoms with van der Waals surface area (Å²) in [7, 11) is 2.15. The summed E-state index contributed by atoms with van der Waals surface area (Å²) >= 11 is 1.22. The highest BCUT2D eigenvalue weighted by molar-refractivity contribution is 7.11. The molecular weight excluding hydrogens is 276 g/mol. The Labute approximate surface area is 123 Å². The summed E-state index contributed by atoms with van der Waals surface area (Å²) in [6.07, 6.45) is 2.35. The molecule has 3 N–H and O–H groups in total. The van der Waals surface area contributed by atoms with Gasteiger partial charge in [-0.05, 0) is 57.4 Å². The number of ether oxygens (including phenoxy) is 1. The van der Waals surface area contributed by atoms with Crippen LogP contribution in [0, 0.1) is 5.92 Å². The van der Waals surface area contributed by atoms with Gasteiger partial charge >= 0.3 is 5.97 Å². The topological polar surface area (TPSA) is 80.5 Å². The molecule has 1 aromatic heterocycles. The van der Waals surface area contributed by atoms with Crippen LogP contribution in [-0.2, 0) is 4.74 Å². The van der Waals surface area contributed by atoms with Gasteiger partial charge in [-0.25, -0.2) is 4.79 Å². The maximum atomic E-state index is 11.9. The summed E-state index contributed by atoms with van der Waals surface area (Å²) in [6.45, 7) is 5.22. The Hall–Kier alpha value is -1.34. The maximum Gasteiger partial charge on any atom is 0.344 e. The van der Waals surface area contributed by atoms with Gasteiger partial charge in [-0.3, -0.25) is 0 Å². The van der Waals surface area contributed by atoms with Gasteiger partial charge in [0, 0.05) is 6.54 Å². The van der Waals surface area contributed by atoms with Crippen LogP contribution in [0.1, 0.15) is 30.1 Å². The fraction of sp³-hybridized carbons (Fsp3) is 0.692. The van der Waals surface area contributed by atoms with Crippen LogP contribution in [0.5, 0.6) is 0 Å². The van der Waals surface area contributed by atoms with E-state index < -0.39 is 5.97 Å². The molecule has 0 radical (unpaired) electrons. The standard InChI is InChI=1S/C13H22N4O2S/c1-3-19-13(18)10-11(14)16-20-12(10)15-8-9-4-6-17(2)7-5-9/h9,15H,3-8H2,1-2H3,(H2,14,16). The Kier molecular flexibility index (Phi) is 5.19. The molecular formula is C13H22N4O2S. The van der Waals surface area contributed by atoms with E-state index in [0.717, 1.165) is 24.6 Å². The minimum Gasteiger partial charge on any atom is -0.462 e. The van der Waals surface area contributed by atoms with Crippen molar-refractivity contribution in [3.8, 4) is 0 Å². The number of nitrogens with two attached hydrogens (primary N) is 1. The number of nitrogen functional groups attached to an aromatic ring is 1. The SMILES string of the molecule is CCOC(=O)c1c(N)nsc1NCC1CCN(C)CC1. The Balaban J connectivity index is 1.94. The minimum atomic E-state index is -0.398. The highest BCUT2D eigenvalue weighted by atomic mass is 32.1. The van der Waals surface area contributed by atoms with E-state index in [9.17, 15) is 4.79 Å². The summed E-state index contributed by atoms with van der Waals surface area (Å²) in [6, 6.07) is 0. The Morgan fingerprint density at radius 2 is 2.25 bits per heavy atom. The molecule has 1 aliphatic heterocycles. The normalized spacial score (nSPS) is 17.1. The van der Waals surface area contributed by atoms with E-state index in [1.54, 1.807) is 6.92 Å². The van der Waals surface area contributed by atoms with Gasteiger partial charge in [-0.2, -0.15) is 4.37 Å². The molecule has 1 fully saturated rings. The fourth-order valence-corrected chi connectivity index (χ4v) is 3.03. The van der Waals surface area contributed by atoms with Crippen LogP contribution in [0.2, 0.25) is 0 Å². The molecule has 1 aromatic rings. The Bertz CT molecular complexity index is 455. The van der Waals surface area contributed by atoms with Crippen molar-refractivity contribution < 1.29 is 9.53 Å². The summed E-state index contributed by atoms with van der Waals surface area (Å²) in [5.74, 6) is 0.480. The van der Waals surface area contributed by atoms with E-state index in [0.29, 0.717) is 18.1 Å². The van der Waals surface area contributed by atoms with Gasteiger partial charge in [0.2, 0.25) is 0 Å². The maximum absolute atomic E-state index is 11.9. The van der Waals surface area contributed by atoms with Gasteiger partial charge in [0.05, 0.1) is 6.61 Å². The number of nitrogens with zero attached hydrogens (tertiary/aromatic N) is 2. The van der Waals surface area contributed by atoms with Gasteiger partial charge in [0.15, 0.2) is 5.82 Å². The van der Waals surface area contributed by atoms with E-state index >= 15 is 0 Å². The molecule has 0 spiro atoms. The summed E-state index contributed by atoms with van der Waals surface area (Å²) in [5.41, 5.74) is 6.13. The van der Waals surface area contributed by atoms with Crippen molar-refractivity contribution in [1.82, 2.24) is 9.27 Å². The number of anilines is 2. The molecule has 1 aliphatic rings. The molecule has 2 heterocycles. The molecule has 7 heteroatoms. The van der Waals surface area contributed by atoms with E-state index in [-0.39, 0.29) is 5.82 Å². The smallest absolute Gasteiger partial charge is 0.344 e. The second kappa shape index (κ2) is 6.90. The van der Waals surface area contributed by atoms with Crippen LogP contribution in [-0.4, -0.2) is 48.5 Å². The largest absolute Gasteiger partial charge is 0.462 e. The number of hydrogen-bond donors (Lipinski definition) is 2. The molecule has 0 amide bonds. The molecule has 1 saturated heterocycles. The van der Waals surface area contributed by atoms with Crippen LogP contribution in [0.3, 0.4) is 0 Å². The lowest BCUT2D eigenvalue weighted by molar-refractivity contribution is 0.0529. The van der Waals surface area contributed by atoms with Crippen molar-refractivity contribution in [3.63, 3.8) is 0 Å². The van der Waals surface area contributed by atoms with Crippen molar-refractivity contribution in [2.75, 3.05) is 44.3 Å². The third-order valence-electron chi connectivity index (χ3n) is 3.59. The molecule has 0 saturated carbocycles. The first-order valence-electron chi connectivity index (χ1n) is 6.96. The molecule has 2 rings (SSSR count). The van der Waals surface area contributed by atoms with Crippen LogP contribution < -0.4 is 11.1 Å². The number of carbonyl (C=O) groups is 1. The highest BCUT2D eigenvalue weighted by Crippen LogP contribution is 2.28. The van der Waals surface area contributed by atoms with Crippen LogP contribution in [0.4, 0.5) is 10.8 Å². The highest BCUT2D eigenvalue weighted by Gasteiger charge is 2.22. The number of piperidine rings is 1. The fourth-order valence-electron chi connectivity index (χ4n) is 2.33. The van der Waals surface area contributed by atoms with Crippen LogP contribution in [0.15, 0.2) is 0 Å². The van der Waals surface area contributed by atoms with Gasteiger partial charge in [-0.1, -0.05) is 0 Å². The Morgan fingerprint density at radius 3 is 2.90 bits per heavy atom. The quantitative estimate of drug-likeness (QED) is 0.805. The number of nitrogens with one attached hydrogen (secondary N) is 1. The van der Waals surface area contributed by atoms with Crippen molar-refractivity contribution in [3.05, 3.63) is 5.56 Å². The van der Waals surface area contributed by atoms with E-state index in [4.69, 9.17) is 10.5 Å². The Morgan fingerprint density at radius 1 is 1.55 bits per heavy atom. The predicted octanol–water partition coefficient (Wildman–Crippen LogP) is 1.66. The van der Waals surface area contributed by atoms with Gasteiger partial charge in [0.25, 0.3) is 0 Å².